The van der Waals surface area contributed by atoms with E-state index in [0.717, 1.165) is 16.9 Å². The summed E-state index contributed by atoms with van der Waals surface area (Å²) in [6, 6.07) is 1.98. The molecule has 1 unspecified atom stereocenters. The first kappa shape index (κ1) is 15.0. The van der Waals surface area contributed by atoms with Crippen LogP contribution in [0.5, 0.6) is 0 Å². The molecule has 1 heterocycles. The molecule has 1 aromatic rings. The number of aliphatic hydroxyl groups excluding tert-OH is 1. The van der Waals surface area contributed by atoms with Crippen LogP contribution in [0, 0.1) is 6.92 Å². The fourth-order valence-corrected chi connectivity index (χ4v) is 2.40. The summed E-state index contributed by atoms with van der Waals surface area (Å²) in [6.07, 6.45) is 0.505. The van der Waals surface area contributed by atoms with Crippen LogP contribution in [-0.4, -0.2) is 36.3 Å². The number of aryl methyl sites for hydroxylation is 1. The van der Waals surface area contributed by atoms with Crippen LogP contribution in [0.3, 0.4) is 0 Å². The molecule has 1 atom stereocenters. The zero-order valence-electron chi connectivity index (χ0n) is 11.2. The van der Waals surface area contributed by atoms with Crippen molar-refractivity contribution in [1.29, 1.82) is 0 Å². The van der Waals surface area contributed by atoms with E-state index < -0.39 is 6.10 Å². The molecule has 4 nitrogen and oxygen atoms in total. The molecule has 0 aliphatic heterocycles. The first-order valence-electron chi connectivity index (χ1n) is 6.15. The van der Waals surface area contributed by atoms with Crippen LogP contribution in [-0.2, 0) is 4.74 Å². The van der Waals surface area contributed by atoms with E-state index in [0.29, 0.717) is 19.6 Å². The van der Waals surface area contributed by atoms with Gasteiger partial charge in [-0.05, 0) is 36.8 Å². The van der Waals surface area contributed by atoms with E-state index in [-0.39, 0.29) is 6.09 Å². The molecule has 18 heavy (non-hydrogen) atoms. The monoisotopic (exact) mass is 271 g/mol. The predicted molar refractivity (Wildman–Crippen MR) is 72.9 cm³/mol. The van der Waals surface area contributed by atoms with Gasteiger partial charge in [0.25, 0.3) is 0 Å². The van der Waals surface area contributed by atoms with Crippen molar-refractivity contribution in [2.24, 2.45) is 0 Å². The van der Waals surface area contributed by atoms with Crippen LogP contribution < -0.4 is 0 Å². The van der Waals surface area contributed by atoms with Gasteiger partial charge in [0.15, 0.2) is 0 Å². The van der Waals surface area contributed by atoms with Gasteiger partial charge >= 0.3 is 6.09 Å². The van der Waals surface area contributed by atoms with Gasteiger partial charge in [0.05, 0.1) is 12.7 Å². The molecule has 5 heteroatoms. The van der Waals surface area contributed by atoms with E-state index in [1.54, 1.807) is 18.4 Å². The average Bonchev–Trinajstić information content (AvgIpc) is 2.79. The molecular formula is C13H21NO3S. The van der Waals surface area contributed by atoms with Crippen molar-refractivity contribution >= 4 is 17.4 Å². The minimum Gasteiger partial charge on any atom is -0.449 e. The molecule has 0 fully saturated rings. The molecule has 0 saturated carbocycles. The lowest BCUT2D eigenvalue weighted by Crippen LogP contribution is -2.29. The average molecular weight is 271 g/mol. The molecule has 1 aromatic heterocycles. The Morgan fingerprint density at radius 1 is 1.61 bits per heavy atom. The maximum absolute atomic E-state index is 11.5. The number of rotatable bonds is 6. The zero-order chi connectivity index (χ0) is 13.5. The highest BCUT2D eigenvalue weighted by atomic mass is 32.1. The fraction of sp³-hybridized carbons (Fsp3) is 0.615. The quantitative estimate of drug-likeness (QED) is 0.865. The Hall–Kier alpha value is -1.07. The highest BCUT2D eigenvalue weighted by Gasteiger charge is 2.14. The maximum Gasteiger partial charge on any atom is 0.409 e. The lowest BCUT2D eigenvalue weighted by molar-refractivity contribution is 0.101. The minimum atomic E-state index is -0.509. The maximum atomic E-state index is 11.5. The number of thiophene rings is 1. The lowest BCUT2D eigenvalue weighted by atomic mass is 10.2. The molecular weight excluding hydrogens is 250 g/mol. The Morgan fingerprint density at radius 2 is 2.33 bits per heavy atom. The summed E-state index contributed by atoms with van der Waals surface area (Å²) in [4.78, 5) is 13.9. The molecule has 0 spiro atoms. The van der Waals surface area contributed by atoms with Crippen LogP contribution in [0.4, 0.5) is 4.79 Å². The van der Waals surface area contributed by atoms with Crippen LogP contribution in [0.25, 0.3) is 0 Å². The first-order valence-corrected chi connectivity index (χ1v) is 7.03. The number of hydrogen-bond acceptors (Lipinski definition) is 4. The normalized spacial score (nSPS) is 12.2. The summed E-state index contributed by atoms with van der Waals surface area (Å²) < 4.78 is 5.00. The molecule has 0 radical (unpaired) electrons. The second-order valence-electron chi connectivity index (χ2n) is 4.37. The molecule has 0 saturated heterocycles. The van der Waals surface area contributed by atoms with Crippen molar-refractivity contribution in [1.82, 2.24) is 4.90 Å². The van der Waals surface area contributed by atoms with Crippen LogP contribution >= 0.6 is 11.3 Å². The Kier molecular flexibility index (Phi) is 6.15. The summed E-state index contributed by atoms with van der Waals surface area (Å²) in [6.45, 7) is 4.88. The Morgan fingerprint density at radius 3 is 2.89 bits per heavy atom. The smallest absolute Gasteiger partial charge is 0.409 e. The summed E-state index contributed by atoms with van der Waals surface area (Å²) in [5.41, 5.74) is 1.16. The van der Waals surface area contributed by atoms with Crippen molar-refractivity contribution in [3.8, 4) is 0 Å². The van der Waals surface area contributed by atoms with E-state index in [9.17, 15) is 9.90 Å². The van der Waals surface area contributed by atoms with Crippen molar-refractivity contribution in [2.45, 2.75) is 32.8 Å². The van der Waals surface area contributed by atoms with Crippen molar-refractivity contribution < 1.29 is 14.6 Å². The molecule has 102 valence electrons. The molecule has 0 aromatic carbocycles. The van der Waals surface area contributed by atoms with Crippen LogP contribution in [0.15, 0.2) is 11.4 Å². The Balaban J connectivity index is 2.33. The molecule has 0 aliphatic rings. The van der Waals surface area contributed by atoms with Crippen molar-refractivity contribution in [2.75, 3.05) is 20.2 Å². The number of carbonyl (C=O) groups excluding carboxylic acids is 1. The van der Waals surface area contributed by atoms with Crippen LogP contribution in [0.1, 0.15) is 36.3 Å². The van der Waals surface area contributed by atoms with Gasteiger partial charge in [-0.15, -0.1) is 11.3 Å². The largest absolute Gasteiger partial charge is 0.449 e. The summed E-state index contributed by atoms with van der Waals surface area (Å²) in [5, 5.41) is 12.0. The van der Waals surface area contributed by atoms with Gasteiger partial charge in [-0.2, -0.15) is 0 Å². The number of aliphatic hydroxyl groups is 1. The number of ether oxygens (including phenoxy) is 1. The fourth-order valence-electron chi connectivity index (χ4n) is 1.48. The topological polar surface area (TPSA) is 49.8 Å². The van der Waals surface area contributed by atoms with Crippen molar-refractivity contribution in [3.05, 3.63) is 21.9 Å². The number of nitrogens with zero attached hydrogens (tertiary/aromatic N) is 1. The van der Waals surface area contributed by atoms with Gasteiger partial charge in [0.1, 0.15) is 0 Å². The van der Waals surface area contributed by atoms with Gasteiger partial charge < -0.3 is 14.7 Å². The zero-order valence-corrected chi connectivity index (χ0v) is 12.0. The second-order valence-corrected chi connectivity index (χ2v) is 5.31. The highest BCUT2D eigenvalue weighted by molar-refractivity contribution is 7.10. The standard InChI is InChI=1S/C13H21NO3S/c1-4-7-17-13(16)14(3)6-5-11(15)12-8-10(2)9-18-12/h8-9,11,15H,4-7H2,1-3H3. The van der Waals surface area contributed by atoms with E-state index in [1.807, 2.05) is 25.3 Å². The van der Waals surface area contributed by atoms with Gasteiger partial charge in [-0.1, -0.05) is 6.92 Å². The van der Waals surface area contributed by atoms with E-state index in [1.165, 1.54) is 4.90 Å². The Bertz CT molecular complexity index is 378. The van der Waals surface area contributed by atoms with Gasteiger partial charge in [-0.3, -0.25) is 0 Å². The third-order valence-corrected chi connectivity index (χ3v) is 3.71. The van der Waals surface area contributed by atoms with Crippen molar-refractivity contribution in [3.63, 3.8) is 0 Å². The lowest BCUT2D eigenvalue weighted by Gasteiger charge is -2.18. The molecule has 1 N–H and O–H groups in total. The summed E-state index contributed by atoms with van der Waals surface area (Å²) in [5.74, 6) is 0. The molecule has 0 aliphatic carbocycles. The number of carbonyl (C=O) groups is 1. The van der Waals surface area contributed by atoms with Gasteiger partial charge in [-0.25, -0.2) is 4.79 Å². The van der Waals surface area contributed by atoms with Gasteiger partial charge in [0.2, 0.25) is 0 Å². The third-order valence-electron chi connectivity index (χ3n) is 2.56. The highest BCUT2D eigenvalue weighted by Crippen LogP contribution is 2.24. The van der Waals surface area contributed by atoms with E-state index in [2.05, 4.69) is 0 Å². The van der Waals surface area contributed by atoms with Gasteiger partial charge in [0, 0.05) is 18.5 Å². The minimum absolute atomic E-state index is 0.327. The molecule has 1 amide bonds. The van der Waals surface area contributed by atoms with E-state index >= 15 is 0 Å². The molecule has 1 rings (SSSR count). The first-order chi connectivity index (χ1) is 8.54. The Labute approximate surface area is 112 Å². The predicted octanol–water partition coefficient (Wildman–Crippen LogP) is 2.96. The summed E-state index contributed by atoms with van der Waals surface area (Å²) in [7, 11) is 1.68. The summed E-state index contributed by atoms with van der Waals surface area (Å²) >= 11 is 1.55. The number of amides is 1. The second kappa shape index (κ2) is 7.38. The SMILES string of the molecule is CCCOC(=O)N(C)CCC(O)c1cc(C)cs1. The van der Waals surface area contributed by atoms with Crippen LogP contribution in [0.2, 0.25) is 0 Å². The third kappa shape index (κ3) is 4.66. The molecule has 0 bridgehead atoms. The van der Waals surface area contributed by atoms with E-state index in [4.69, 9.17) is 4.74 Å². The number of hydrogen-bond donors (Lipinski definition) is 1.